The van der Waals surface area contributed by atoms with Crippen LogP contribution >= 0.6 is 0 Å². The van der Waals surface area contributed by atoms with Gasteiger partial charge < -0.3 is 5.32 Å². The molecule has 0 spiro atoms. The fourth-order valence-corrected chi connectivity index (χ4v) is 2.76. The minimum absolute atomic E-state index is 0.837. The number of rotatable bonds is 4. The summed E-state index contributed by atoms with van der Waals surface area (Å²) in [7, 11) is 0. The van der Waals surface area contributed by atoms with E-state index in [2.05, 4.69) is 41.5 Å². The van der Waals surface area contributed by atoms with E-state index >= 15 is 0 Å². The average molecular weight is 252 g/mol. The van der Waals surface area contributed by atoms with Crippen molar-refractivity contribution in [1.29, 1.82) is 0 Å². The molecule has 98 valence electrons. The van der Waals surface area contributed by atoms with E-state index in [4.69, 9.17) is 0 Å². The summed E-state index contributed by atoms with van der Waals surface area (Å²) in [4.78, 5) is 4.40. The molecule has 3 rings (SSSR count). The molecule has 0 atom stereocenters. The van der Waals surface area contributed by atoms with Crippen molar-refractivity contribution < 1.29 is 0 Å². The number of benzene rings is 1. The Bertz CT molecular complexity index is 575. The van der Waals surface area contributed by atoms with Gasteiger partial charge in [0.25, 0.3) is 0 Å². The van der Waals surface area contributed by atoms with Crippen molar-refractivity contribution in [2.45, 2.75) is 39.3 Å². The molecule has 2 heteroatoms. The van der Waals surface area contributed by atoms with Crippen molar-refractivity contribution in [3.8, 4) is 0 Å². The second kappa shape index (κ2) is 5.54. The molecule has 0 saturated heterocycles. The van der Waals surface area contributed by atoms with Gasteiger partial charge in [-0.15, -0.1) is 0 Å². The number of nitrogens with one attached hydrogen (secondary N) is 1. The van der Waals surface area contributed by atoms with Gasteiger partial charge in [-0.05, 0) is 54.5 Å². The summed E-state index contributed by atoms with van der Waals surface area (Å²) in [5.41, 5.74) is 6.87. The molecule has 0 radical (unpaired) electrons. The van der Waals surface area contributed by atoms with Crippen molar-refractivity contribution in [2.75, 3.05) is 0 Å². The maximum atomic E-state index is 4.40. The van der Waals surface area contributed by atoms with Crippen molar-refractivity contribution in [1.82, 2.24) is 10.3 Å². The summed E-state index contributed by atoms with van der Waals surface area (Å²) in [6, 6.07) is 11.0. The molecule has 19 heavy (non-hydrogen) atoms. The lowest BCUT2D eigenvalue weighted by atomic mass is 10.1. The fraction of sp³-hybridized carbons (Fsp3) is 0.353. The highest BCUT2D eigenvalue weighted by atomic mass is 14.9. The molecule has 0 unspecified atom stereocenters. The van der Waals surface area contributed by atoms with E-state index in [0.717, 1.165) is 18.8 Å². The lowest BCUT2D eigenvalue weighted by Gasteiger charge is -2.08. The lowest BCUT2D eigenvalue weighted by Crippen LogP contribution is -2.14. The van der Waals surface area contributed by atoms with Crippen molar-refractivity contribution in [2.24, 2.45) is 0 Å². The van der Waals surface area contributed by atoms with Gasteiger partial charge in [-0.3, -0.25) is 4.98 Å². The monoisotopic (exact) mass is 252 g/mol. The summed E-state index contributed by atoms with van der Waals surface area (Å²) in [6.07, 6.45) is 5.69. The number of aromatic nitrogens is 1. The van der Waals surface area contributed by atoms with Crippen LogP contribution in [0, 0.1) is 6.92 Å². The third-order valence-electron chi connectivity index (χ3n) is 3.90. The van der Waals surface area contributed by atoms with E-state index < -0.39 is 0 Å². The molecule has 1 aliphatic carbocycles. The minimum atomic E-state index is 0.837. The molecular formula is C17H20N2. The van der Waals surface area contributed by atoms with E-state index in [1.807, 2.05) is 12.3 Å². The highest BCUT2D eigenvalue weighted by Gasteiger charge is 2.10. The SMILES string of the molecule is Cc1cccnc1CNCc1ccc2c(c1)CCC2. The Balaban J connectivity index is 1.59. The average Bonchev–Trinajstić information content (AvgIpc) is 2.88. The first-order chi connectivity index (χ1) is 9.33. The zero-order chi connectivity index (χ0) is 13.1. The van der Waals surface area contributed by atoms with Gasteiger partial charge in [0.2, 0.25) is 0 Å². The van der Waals surface area contributed by atoms with Crippen molar-refractivity contribution in [3.05, 3.63) is 64.5 Å². The van der Waals surface area contributed by atoms with Gasteiger partial charge in [0.05, 0.1) is 5.69 Å². The van der Waals surface area contributed by atoms with E-state index in [1.165, 1.54) is 30.4 Å². The molecule has 1 aromatic carbocycles. The van der Waals surface area contributed by atoms with Crippen LogP contribution in [0.5, 0.6) is 0 Å². The Hall–Kier alpha value is -1.67. The predicted molar refractivity (Wildman–Crippen MR) is 78.0 cm³/mol. The Morgan fingerprint density at radius 2 is 2.00 bits per heavy atom. The Morgan fingerprint density at radius 1 is 1.11 bits per heavy atom. The van der Waals surface area contributed by atoms with Crippen LogP contribution in [0.1, 0.15) is 34.4 Å². The zero-order valence-electron chi connectivity index (χ0n) is 11.4. The molecular weight excluding hydrogens is 232 g/mol. The van der Waals surface area contributed by atoms with Crippen molar-refractivity contribution in [3.63, 3.8) is 0 Å². The third-order valence-corrected chi connectivity index (χ3v) is 3.90. The Labute approximate surface area is 114 Å². The molecule has 0 fully saturated rings. The number of fused-ring (bicyclic) bond motifs is 1. The summed E-state index contributed by atoms with van der Waals surface area (Å²) in [6.45, 7) is 3.87. The summed E-state index contributed by atoms with van der Waals surface area (Å²) in [5, 5.41) is 3.49. The molecule has 1 aromatic heterocycles. The van der Waals surface area contributed by atoms with Gasteiger partial charge in [0.15, 0.2) is 0 Å². The van der Waals surface area contributed by atoms with Gasteiger partial charge in [0, 0.05) is 19.3 Å². The third kappa shape index (κ3) is 2.85. The molecule has 1 aliphatic rings. The first kappa shape index (κ1) is 12.4. The number of nitrogens with zero attached hydrogens (tertiary/aromatic N) is 1. The number of hydrogen-bond acceptors (Lipinski definition) is 2. The lowest BCUT2D eigenvalue weighted by molar-refractivity contribution is 0.676. The van der Waals surface area contributed by atoms with Crippen LogP contribution in [0.4, 0.5) is 0 Å². The van der Waals surface area contributed by atoms with Crippen LogP contribution in [0.15, 0.2) is 36.5 Å². The van der Waals surface area contributed by atoms with Gasteiger partial charge >= 0.3 is 0 Å². The van der Waals surface area contributed by atoms with E-state index in [9.17, 15) is 0 Å². The molecule has 0 amide bonds. The van der Waals surface area contributed by atoms with Crippen LogP contribution in [0.25, 0.3) is 0 Å². The van der Waals surface area contributed by atoms with Crippen LogP contribution in [0.2, 0.25) is 0 Å². The summed E-state index contributed by atoms with van der Waals surface area (Å²) >= 11 is 0. The zero-order valence-corrected chi connectivity index (χ0v) is 11.4. The fourth-order valence-electron chi connectivity index (χ4n) is 2.76. The largest absolute Gasteiger partial charge is 0.307 e. The van der Waals surface area contributed by atoms with Crippen LogP contribution in [0.3, 0.4) is 0 Å². The Morgan fingerprint density at radius 3 is 2.89 bits per heavy atom. The van der Waals surface area contributed by atoms with Crippen LogP contribution in [-0.2, 0) is 25.9 Å². The minimum Gasteiger partial charge on any atom is -0.307 e. The molecule has 0 aliphatic heterocycles. The number of aryl methyl sites for hydroxylation is 3. The molecule has 2 nitrogen and oxygen atoms in total. The van der Waals surface area contributed by atoms with Gasteiger partial charge in [0.1, 0.15) is 0 Å². The normalized spacial score (nSPS) is 13.5. The van der Waals surface area contributed by atoms with E-state index in [0.29, 0.717) is 0 Å². The molecule has 1 heterocycles. The maximum Gasteiger partial charge on any atom is 0.0570 e. The van der Waals surface area contributed by atoms with Gasteiger partial charge in [-0.2, -0.15) is 0 Å². The molecule has 0 bridgehead atoms. The molecule has 0 saturated carbocycles. The Kier molecular flexibility index (Phi) is 3.60. The van der Waals surface area contributed by atoms with Gasteiger partial charge in [-0.1, -0.05) is 24.3 Å². The topological polar surface area (TPSA) is 24.9 Å². The number of hydrogen-bond donors (Lipinski definition) is 1. The van der Waals surface area contributed by atoms with Crippen LogP contribution in [-0.4, -0.2) is 4.98 Å². The first-order valence-electron chi connectivity index (χ1n) is 7.05. The van der Waals surface area contributed by atoms with Gasteiger partial charge in [-0.25, -0.2) is 0 Å². The first-order valence-corrected chi connectivity index (χ1v) is 7.05. The standard InChI is InChI=1S/C17H20N2/c1-13-4-3-9-19-17(13)12-18-11-14-7-8-15-5-2-6-16(15)10-14/h3-4,7-10,18H,2,5-6,11-12H2,1H3. The maximum absolute atomic E-state index is 4.40. The predicted octanol–water partition coefficient (Wildman–Crippen LogP) is 3.17. The second-order valence-corrected chi connectivity index (χ2v) is 5.33. The summed E-state index contributed by atoms with van der Waals surface area (Å²) < 4.78 is 0. The number of pyridine rings is 1. The summed E-state index contributed by atoms with van der Waals surface area (Å²) in [5.74, 6) is 0. The van der Waals surface area contributed by atoms with E-state index in [1.54, 1.807) is 11.1 Å². The highest BCUT2D eigenvalue weighted by molar-refractivity contribution is 5.35. The van der Waals surface area contributed by atoms with E-state index in [-0.39, 0.29) is 0 Å². The van der Waals surface area contributed by atoms with Crippen LogP contribution < -0.4 is 5.32 Å². The molecule has 2 aromatic rings. The van der Waals surface area contributed by atoms with Crippen molar-refractivity contribution >= 4 is 0 Å². The smallest absolute Gasteiger partial charge is 0.0570 e. The second-order valence-electron chi connectivity index (χ2n) is 5.33. The quantitative estimate of drug-likeness (QED) is 0.904. The highest BCUT2D eigenvalue weighted by Crippen LogP contribution is 2.22. The molecule has 1 N–H and O–H groups in total.